The van der Waals surface area contributed by atoms with Crippen LogP contribution in [-0.4, -0.2) is 0 Å². The molecule has 0 spiro atoms. The summed E-state index contributed by atoms with van der Waals surface area (Å²) in [4.78, 5) is 0. The Morgan fingerprint density at radius 2 is 0.760 bits per heavy atom. The lowest BCUT2D eigenvalue weighted by Gasteiger charge is -2.18. The average Bonchev–Trinajstić information content (AvgIpc) is 3.74. The summed E-state index contributed by atoms with van der Waals surface area (Å²) in [6.45, 7) is 0. The van der Waals surface area contributed by atoms with Crippen LogP contribution in [0.4, 0.5) is 0 Å². The van der Waals surface area contributed by atoms with Gasteiger partial charge in [0.2, 0.25) is 0 Å². The summed E-state index contributed by atoms with van der Waals surface area (Å²) < 4.78 is 5.41. The van der Waals surface area contributed by atoms with Gasteiger partial charge in [-0.05, 0) is 90.5 Å². The Kier molecular flexibility index (Phi) is 6.09. The van der Waals surface area contributed by atoms with E-state index in [0.717, 1.165) is 0 Å². The van der Waals surface area contributed by atoms with Crippen LogP contribution >= 0.6 is 22.7 Å². The van der Waals surface area contributed by atoms with E-state index in [4.69, 9.17) is 0 Å². The Morgan fingerprint density at radius 3 is 1.38 bits per heavy atom. The van der Waals surface area contributed by atoms with Crippen LogP contribution in [0.5, 0.6) is 0 Å². The van der Waals surface area contributed by atoms with Crippen molar-refractivity contribution >= 4 is 95.3 Å². The maximum Gasteiger partial charge on any atom is 0.0441 e. The van der Waals surface area contributed by atoms with E-state index in [9.17, 15) is 0 Å². The quantitative estimate of drug-likeness (QED) is 0.164. The van der Waals surface area contributed by atoms with E-state index in [2.05, 4.69) is 170 Å². The van der Waals surface area contributed by atoms with Crippen LogP contribution in [0.25, 0.3) is 106 Å². The second kappa shape index (κ2) is 10.9. The molecule has 0 amide bonds. The first-order valence-electron chi connectivity index (χ1n) is 17.1. The first-order valence-corrected chi connectivity index (χ1v) is 18.7. The topological polar surface area (TPSA) is 0 Å². The zero-order chi connectivity index (χ0) is 32.8. The summed E-state index contributed by atoms with van der Waals surface area (Å²) in [5, 5.41) is 13.1. The van der Waals surface area contributed by atoms with Crippen molar-refractivity contribution in [3.8, 4) is 33.4 Å². The van der Waals surface area contributed by atoms with E-state index in [1.807, 2.05) is 22.7 Å². The van der Waals surface area contributed by atoms with Crippen LogP contribution in [0.15, 0.2) is 170 Å². The summed E-state index contributed by atoms with van der Waals surface area (Å²) in [5.41, 5.74) is 7.72. The Hall–Kier alpha value is -5.80. The molecular formula is C48H28S2. The number of rotatable bonds is 3. The fraction of sp³-hybridized carbons (Fsp3) is 0. The third-order valence-electron chi connectivity index (χ3n) is 10.4. The Morgan fingerprint density at radius 1 is 0.280 bits per heavy atom. The Labute approximate surface area is 297 Å². The zero-order valence-corrected chi connectivity index (χ0v) is 28.6. The van der Waals surface area contributed by atoms with Gasteiger partial charge in [-0.3, -0.25) is 0 Å². The third kappa shape index (κ3) is 4.10. The van der Waals surface area contributed by atoms with Gasteiger partial charge in [0.05, 0.1) is 0 Å². The van der Waals surface area contributed by atoms with Gasteiger partial charge < -0.3 is 0 Å². The normalized spacial score (nSPS) is 12.0. The van der Waals surface area contributed by atoms with E-state index in [1.54, 1.807) is 0 Å². The Bertz CT molecular complexity index is 3080. The second-order valence-electron chi connectivity index (χ2n) is 13.2. The van der Waals surface area contributed by atoms with Gasteiger partial charge in [-0.25, -0.2) is 0 Å². The fourth-order valence-corrected chi connectivity index (χ4v) is 10.7. The van der Waals surface area contributed by atoms with E-state index in [1.165, 1.54) is 106 Å². The van der Waals surface area contributed by atoms with E-state index in [-0.39, 0.29) is 0 Å². The largest absolute Gasteiger partial charge is 0.135 e. The van der Waals surface area contributed by atoms with Gasteiger partial charge in [0, 0.05) is 45.9 Å². The van der Waals surface area contributed by atoms with Crippen molar-refractivity contribution in [3.05, 3.63) is 170 Å². The number of benzene rings is 9. The van der Waals surface area contributed by atoms with Crippen LogP contribution in [-0.2, 0) is 0 Å². The van der Waals surface area contributed by atoms with E-state index >= 15 is 0 Å². The molecule has 0 radical (unpaired) electrons. The molecule has 0 bridgehead atoms. The van der Waals surface area contributed by atoms with Crippen LogP contribution in [0.1, 0.15) is 0 Å². The van der Waals surface area contributed by atoms with Crippen molar-refractivity contribution < 1.29 is 0 Å². The fourth-order valence-electron chi connectivity index (χ4n) is 8.25. The molecule has 0 saturated heterocycles. The molecule has 0 aliphatic carbocycles. The predicted octanol–water partition coefficient (Wildman–Crippen LogP) is 14.9. The average molecular weight is 669 g/mol. The van der Waals surface area contributed by atoms with Gasteiger partial charge in [0.15, 0.2) is 0 Å². The molecule has 2 aromatic heterocycles. The minimum Gasteiger partial charge on any atom is -0.135 e. The smallest absolute Gasteiger partial charge is 0.0441 e. The maximum atomic E-state index is 2.43. The van der Waals surface area contributed by atoms with Crippen molar-refractivity contribution in [1.82, 2.24) is 0 Å². The van der Waals surface area contributed by atoms with Gasteiger partial charge in [-0.2, -0.15) is 0 Å². The summed E-state index contributed by atoms with van der Waals surface area (Å²) in [7, 11) is 0. The standard InChI is InChI=1S/C48H28S2/c1-2-12-29(13-3-1)44-35-15-4-6-17-37(35)45(38-18-7-5-16-36(38)44)32-24-22-31-27-33(25-23-30(31)26-32)46-47-39-19-9-11-21-42(39)49-43(47)28-40-34-14-8-10-20-41(34)50-48(40)46/h1-28H. The highest BCUT2D eigenvalue weighted by Gasteiger charge is 2.20. The molecule has 0 unspecified atom stereocenters. The molecule has 0 atom stereocenters. The summed E-state index contributed by atoms with van der Waals surface area (Å²) >= 11 is 3.83. The van der Waals surface area contributed by atoms with Crippen molar-refractivity contribution in [2.45, 2.75) is 0 Å². The molecule has 0 N–H and O–H groups in total. The van der Waals surface area contributed by atoms with Crippen LogP contribution in [0, 0.1) is 0 Å². The molecule has 0 aliphatic heterocycles. The molecule has 0 nitrogen and oxygen atoms in total. The molecule has 0 aliphatic rings. The molecule has 11 aromatic rings. The van der Waals surface area contributed by atoms with Gasteiger partial charge in [-0.1, -0.05) is 140 Å². The third-order valence-corrected chi connectivity index (χ3v) is 12.7. The van der Waals surface area contributed by atoms with Gasteiger partial charge in [0.25, 0.3) is 0 Å². The van der Waals surface area contributed by atoms with E-state index in [0.29, 0.717) is 0 Å². The van der Waals surface area contributed by atoms with Crippen LogP contribution in [0.2, 0.25) is 0 Å². The number of thiophene rings is 2. The molecular weight excluding hydrogens is 641 g/mol. The van der Waals surface area contributed by atoms with Crippen molar-refractivity contribution in [1.29, 1.82) is 0 Å². The van der Waals surface area contributed by atoms with Crippen molar-refractivity contribution in [3.63, 3.8) is 0 Å². The van der Waals surface area contributed by atoms with Gasteiger partial charge in [0.1, 0.15) is 0 Å². The van der Waals surface area contributed by atoms with Gasteiger partial charge in [-0.15, -0.1) is 22.7 Å². The highest BCUT2D eigenvalue weighted by Crippen LogP contribution is 2.49. The predicted molar refractivity (Wildman–Crippen MR) is 221 cm³/mol. The summed E-state index contributed by atoms with van der Waals surface area (Å²) in [5.74, 6) is 0. The molecule has 2 heterocycles. The molecule has 2 heteroatoms. The number of fused-ring (bicyclic) bond motifs is 9. The van der Waals surface area contributed by atoms with Crippen molar-refractivity contribution in [2.75, 3.05) is 0 Å². The summed E-state index contributed by atoms with van der Waals surface area (Å²) in [6.07, 6.45) is 0. The minimum absolute atomic E-state index is 1.25. The molecule has 232 valence electrons. The lowest BCUT2D eigenvalue weighted by atomic mass is 9.85. The summed E-state index contributed by atoms with van der Waals surface area (Å²) in [6, 6.07) is 63.0. The Balaban J connectivity index is 1.15. The van der Waals surface area contributed by atoms with Crippen LogP contribution < -0.4 is 0 Å². The van der Waals surface area contributed by atoms with Crippen LogP contribution in [0.3, 0.4) is 0 Å². The molecule has 0 saturated carbocycles. The van der Waals surface area contributed by atoms with Crippen molar-refractivity contribution in [2.24, 2.45) is 0 Å². The SMILES string of the molecule is c1ccc(-c2c3ccccc3c(-c3ccc4cc(-c5c6sc7ccccc7c6cc6sc7ccccc7c56)ccc4c3)c3ccccc23)cc1. The first kappa shape index (κ1) is 28.1. The molecule has 50 heavy (non-hydrogen) atoms. The lowest BCUT2D eigenvalue weighted by Crippen LogP contribution is -1.91. The molecule has 0 fully saturated rings. The molecule has 9 aromatic carbocycles. The lowest BCUT2D eigenvalue weighted by molar-refractivity contribution is 1.66. The monoisotopic (exact) mass is 668 g/mol. The van der Waals surface area contributed by atoms with Gasteiger partial charge >= 0.3 is 0 Å². The number of hydrogen-bond donors (Lipinski definition) is 0. The highest BCUT2D eigenvalue weighted by atomic mass is 32.1. The van der Waals surface area contributed by atoms with E-state index < -0.39 is 0 Å². The highest BCUT2D eigenvalue weighted by molar-refractivity contribution is 7.28. The molecule has 11 rings (SSSR count). The minimum atomic E-state index is 1.25. The first-order chi connectivity index (χ1) is 24.8. The second-order valence-corrected chi connectivity index (χ2v) is 15.3. The maximum absolute atomic E-state index is 2.43. The number of hydrogen-bond acceptors (Lipinski definition) is 2. The zero-order valence-electron chi connectivity index (χ0n) is 27.0.